The summed E-state index contributed by atoms with van der Waals surface area (Å²) in [6.45, 7) is 0. The highest BCUT2D eigenvalue weighted by Crippen LogP contribution is 2.08. The Bertz CT molecular complexity index is 530. The molecule has 1 heterocycles. The maximum Gasteiger partial charge on any atom is 0.262 e. The van der Waals surface area contributed by atoms with E-state index in [1.165, 1.54) is 4.57 Å². The molecule has 0 radical (unpaired) electrons. The van der Waals surface area contributed by atoms with Crippen LogP contribution in [0.25, 0.3) is 10.9 Å². The maximum absolute atomic E-state index is 11.8. The first-order valence-corrected chi connectivity index (χ1v) is 4.37. The Morgan fingerprint density at radius 1 is 1.36 bits per heavy atom. The predicted molar refractivity (Wildman–Crippen MR) is 56.5 cm³/mol. The van der Waals surface area contributed by atoms with Crippen molar-refractivity contribution in [3.05, 3.63) is 34.6 Å². The molecule has 1 aromatic heterocycles. The Morgan fingerprint density at radius 3 is 2.79 bits per heavy atom. The van der Waals surface area contributed by atoms with Gasteiger partial charge in [-0.25, -0.2) is 4.98 Å². The Hall–Kier alpha value is -1.84. The zero-order valence-electron chi connectivity index (χ0n) is 8.11. The summed E-state index contributed by atoms with van der Waals surface area (Å²) in [7, 11) is 3.45. The van der Waals surface area contributed by atoms with Crippen LogP contribution < -0.4 is 10.9 Å². The van der Waals surface area contributed by atoms with E-state index >= 15 is 0 Å². The highest BCUT2D eigenvalue weighted by atomic mass is 16.1. The van der Waals surface area contributed by atoms with Crippen molar-refractivity contribution in [3.8, 4) is 0 Å². The van der Waals surface area contributed by atoms with Gasteiger partial charge in [-0.05, 0) is 12.1 Å². The molecule has 0 atom stereocenters. The molecule has 0 aliphatic rings. The van der Waals surface area contributed by atoms with Gasteiger partial charge in [0.25, 0.3) is 5.56 Å². The molecule has 0 fully saturated rings. The molecule has 1 aromatic carbocycles. The van der Waals surface area contributed by atoms with Crippen LogP contribution in [-0.4, -0.2) is 16.6 Å². The van der Waals surface area contributed by atoms with E-state index in [0.717, 1.165) is 5.52 Å². The van der Waals surface area contributed by atoms with Crippen LogP contribution in [0, 0.1) is 0 Å². The van der Waals surface area contributed by atoms with Crippen LogP contribution >= 0.6 is 0 Å². The van der Waals surface area contributed by atoms with Crippen molar-refractivity contribution >= 4 is 16.9 Å². The third kappa shape index (κ3) is 1.16. The number of hydrogen-bond donors (Lipinski definition) is 1. The SMILES string of the molecule is CNc1nc2ccccc2c(=O)n1C. The number of nitrogens with one attached hydrogen (secondary N) is 1. The van der Waals surface area contributed by atoms with E-state index < -0.39 is 0 Å². The van der Waals surface area contributed by atoms with Gasteiger partial charge in [-0.2, -0.15) is 0 Å². The van der Waals surface area contributed by atoms with Gasteiger partial charge in [0.05, 0.1) is 10.9 Å². The lowest BCUT2D eigenvalue weighted by molar-refractivity contribution is 0.852. The van der Waals surface area contributed by atoms with E-state index in [2.05, 4.69) is 10.3 Å². The van der Waals surface area contributed by atoms with E-state index in [4.69, 9.17) is 0 Å². The van der Waals surface area contributed by atoms with Crippen molar-refractivity contribution in [2.24, 2.45) is 7.05 Å². The molecule has 0 amide bonds. The standard InChI is InChI=1S/C10H11N3O/c1-11-10-12-8-6-4-3-5-7(8)9(14)13(10)2/h3-6H,1-2H3,(H,11,12). The highest BCUT2D eigenvalue weighted by Gasteiger charge is 2.04. The van der Waals surface area contributed by atoms with Crippen LogP contribution in [0.4, 0.5) is 5.95 Å². The first-order valence-electron chi connectivity index (χ1n) is 4.37. The van der Waals surface area contributed by atoms with Gasteiger partial charge < -0.3 is 5.32 Å². The van der Waals surface area contributed by atoms with Crippen molar-refractivity contribution in [1.29, 1.82) is 0 Å². The van der Waals surface area contributed by atoms with Gasteiger partial charge in [0.15, 0.2) is 0 Å². The molecule has 4 heteroatoms. The lowest BCUT2D eigenvalue weighted by Crippen LogP contribution is -2.21. The fraction of sp³-hybridized carbons (Fsp3) is 0.200. The van der Waals surface area contributed by atoms with Crippen LogP contribution in [-0.2, 0) is 7.05 Å². The van der Waals surface area contributed by atoms with Crippen LogP contribution in [0.1, 0.15) is 0 Å². The van der Waals surface area contributed by atoms with Crippen molar-refractivity contribution in [2.45, 2.75) is 0 Å². The minimum absolute atomic E-state index is 0.0278. The largest absolute Gasteiger partial charge is 0.359 e. The summed E-state index contributed by atoms with van der Waals surface area (Å²) in [6.07, 6.45) is 0. The van der Waals surface area contributed by atoms with Gasteiger partial charge in [0.2, 0.25) is 5.95 Å². The molecule has 72 valence electrons. The van der Waals surface area contributed by atoms with Crippen molar-refractivity contribution in [3.63, 3.8) is 0 Å². The molecule has 0 saturated carbocycles. The number of anilines is 1. The third-order valence-electron chi connectivity index (χ3n) is 2.21. The molecule has 2 rings (SSSR count). The molecule has 1 N–H and O–H groups in total. The number of fused-ring (bicyclic) bond motifs is 1. The summed E-state index contributed by atoms with van der Waals surface area (Å²) in [6, 6.07) is 7.32. The average molecular weight is 189 g/mol. The molecule has 0 saturated heterocycles. The van der Waals surface area contributed by atoms with Gasteiger partial charge in [-0.3, -0.25) is 9.36 Å². The molecular formula is C10H11N3O. The monoisotopic (exact) mass is 189 g/mol. The zero-order chi connectivity index (χ0) is 10.1. The minimum atomic E-state index is -0.0278. The Labute approximate surface area is 81.2 Å². The normalized spacial score (nSPS) is 10.4. The second-order valence-corrected chi connectivity index (χ2v) is 3.07. The summed E-state index contributed by atoms with van der Waals surface area (Å²) < 4.78 is 1.50. The quantitative estimate of drug-likeness (QED) is 0.727. The first-order chi connectivity index (χ1) is 6.74. The number of hydrogen-bond acceptors (Lipinski definition) is 3. The van der Waals surface area contributed by atoms with Crippen molar-refractivity contribution in [2.75, 3.05) is 12.4 Å². The van der Waals surface area contributed by atoms with Crippen LogP contribution in [0.5, 0.6) is 0 Å². The van der Waals surface area contributed by atoms with Crippen LogP contribution in [0.2, 0.25) is 0 Å². The molecule has 0 unspecified atom stereocenters. The first kappa shape index (κ1) is 8.74. The number of nitrogens with zero attached hydrogens (tertiary/aromatic N) is 2. The lowest BCUT2D eigenvalue weighted by atomic mass is 10.2. The van der Waals surface area contributed by atoms with Gasteiger partial charge in [-0.15, -0.1) is 0 Å². The number of benzene rings is 1. The van der Waals surface area contributed by atoms with E-state index in [1.54, 1.807) is 20.2 Å². The number of rotatable bonds is 1. The average Bonchev–Trinajstić information content (AvgIpc) is 2.23. The van der Waals surface area contributed by atoms with E-state index in [-0.39, 0.29) is 5.56 Å². The fourth-order valence-electron chi connectivity index (χ4n) is 1.44. The second-order valence-electron chi connectivity index (χ2n) is 3.07. The fourth-order valence-corrected chi connectivity index (χ4v) is 1.44. The van der Waals surface area contributed by atoms with E-state index in [0.29, 0.717) is 11.3 Å². The Morgan fingerprint density at radius 2 is 2.07 bits per heavy atom. The topological polar surface area (TPSA) is 46.9 Å². The summed E-state index contributed by atoms with van der Waals surface area (Å²) in [5.74, 6) is 0.578. The summed E-state index contributed by atoms with van der Waals surface area (Å²) in [5.41, 5.74) is 0.694. The molecule has 14 heavy (non-hydrogen) atoms. The van der Waals surface area contributed by atoms with E-state index in [9.17, 15) is 4.79 Å². The summed E-state index contributed by atoms with van der Waals surface area (Å²) >= 11 is 0. The molecule has 0 spiro atoms. The Balaban J connectivity index is 2.92. The lowest BCUT2D eigenvalue weighted by Gasteiger charge is -2.07. The van der Waals surface area contributed by atoms with E-state index in [1.807, 2.05) is 18.2 Å². The number of aromatic nitrogens is 2. The summed E-state index contributed by atoms with van der Waals surface area (Å²) in [5, 5.41) is 3.53. The number of para-hydroxylation sites is 1. The molecule has 0 aliphatic carbocycles. The zero-order valence-corrected chi connectivity index (χ0v) is 8.11. The molecule has 2 aromatic rings. The van der Waals surface area contributed by atoms with Gasteiger partial charge in [-0.1, -0.05) is 12.1 Å². The predicted octanol–water partition coefficient (Wildman–Crippen LogP) is 0.975. The third-order valence-corrected chi connectivity index (χ3v) is 2.21. The van der Waals surface area contributed by atoms with Gasteiger partial charge >= 0.3 is 0 Å². The van der Waals surface area contributed by atoms with Crippen molar-refractivity contribution < 1.29 is 0 Å². The van der Waals surface area contributed by atoms with Gasteiger partial charge in [0.1, 0.15) is 0 Å². The Kier molecular flexibility index (Phi) is 1.96. The maximum atomic E-state index is 11.8. The molecular weight excluding hydrogens is 178 g/mol. The highest BCUT2D eigenvalue weighted by molar-refractivity contribution is 5.78. The molecule has 4 nitrogen and oxygen atoms in total. The van der Waals surface area contributed by atoms with Crippen LogP contribution in [0.15, 0.2) is 29.1 Å². The van der Waals surface area contributed by atoms with Crippen molar-refractivity contribution in [1.82, 2.24) is 9.55 Å². The smallest absolute Gasteiger partial charge is 0.262 e. The molecule has 0 aliphatic heterocycles. The molecule has 0 bridgehead atoms. The second kappa shape index (κ2) is 3.14. The van der Waals surface area contributed by atoms with Crippen LogP contribution in [0.3, 0.4) is 0 Å². The summed E-state index contributed by atoms with van der Waals surface area (Å²) in [4.78, 5) is 16.1. The minimum Gasteiger partial charge on any atom is -0.359 e. The van der Waals surface area contributed by atoms with Gasteiger partial charge in [0, 0.05) is 14.1 Å².